The van der Waals surface area contributed by atoms with Gasteiger partial charge in [0.05, 0.1) is 5.75 Å². The fourth-order valence-electron chi connectivity index (χ4n) is 1.20. The summed E-state index contributed by atoms with van der Waals surface area (Å²) in [5, 5.41) is 2.30. The van der Waals surface area contributed by atoms with E-state index in [9.17, 15) is 17.6 Å². The number of hydrogen-bond donors (Lipinski definition) is 1. The maximum atomic E-state index is 12.8. The van der Waals surface area contributed by atoms with Crippen LogP contribution in [-0.2, 0) is 14.6 Å². The second-order valence-electron chi connectivity index (χ2n) is 3.40. The smallest absolute Gasteiger partial charge is 0.239 e. The van der Waals surface area contributed by atoms with Crippen LogP contribution in [0.5, 0.6) is 0 Å². The van der Waals surface area contributed by atoms with Crippen LogP contribution in [0.2, 0.25) is 0 Å². The molecule has 1 amide bonds. The topological polar surface area (TPSA) is 63.2 Å². The summed E-state index contributed by atoms with van der Waals surface area (Å²) in [6, 6.07) is 5.23. The SMILES string of the molecule is C=CCS(=O)(=O)CC(=O)Nc1cccc(F)c1. The number of carbonyl (C=O) groups is 1. The van der Waals surface area contributed by atoms with Crippen molar-refractivity contribution in [3.05, 3.63) is 42.7 Å². The third-order valence-electron chi connectivity index (χ3n) is 1.83. The highest BCUT2D eigenvalue weighted by atomic mass is 32.2. The number of nitrogens with one attached hydrogen (secondary N) is 1. The first-order chi connectivity index (χ1) is 7.93. The number of hydrogen-bond acceptors (Lipinski definition) is 3. The lowest BCUT2D eigenvalue weighted by Gasteiger charge is -2.05. The van der Waals surface area contributed by atoms with Gasteiger partial charge < -0.3 is 5.32 Å². The van der Waals surface area contributed by atoms with E-state index in [1.54, 1.807) is 0 Å². The van der Waals surface area contributed by atoms with E-state index in [2.05, 4.69) is 11.9 Å². The lowest BCUT2D eigenvalue weighted by atomic mass is 10.3. The minimum Gasteiger partial charge on any atom is -0.325 e. The Morgan fingerprint density at radius 3 is 2.76 bits per heavy atom. The summed E-state index contributed by atoms with van der Waals surface area (Å²) >= 11 is 0. The molecule has 0 unspecified atom stereocenters. The summed E-state index contributed by atoms with van der Waals surface area (Å²) < 4.78 is 35.4. The molecule has 0 saturated carbocycles. The monoisotopic (exact) mass is 257 g/mol. The molecule has 0 bridgehead atoms. The molecule has 1 aromatic rings. The number of halogens is 1. The van der Waals surface area contributed by atoms with Crippen molar-refractivity contribution in [1.82, 2.24) is 0 Å². The zero-order valence-corrected chi connectivity index (χ0v) is 9.84. The van der Waals surface area contributed by atoms with Crippen molar-refractivity contribution < 1.29 is 17.6 Å². The molecule has 0 spiro atoms. The summed E-state index contributed by atoms with van der Waals surface area (Å²) in [7, 11) is -3.48. The number of rotatable bonds is 5. The van der Waals surface area contributed by atoms with Gasteiger partial charge in [-0.2, -0.15) is 0 Å². The molecule has 17 heavy (non-hydrogen) atoms. The molecule has 0 aliphatic carbocycles. The van der Waals surface area contributed by atoms with E-state index in [1.807, 2.05) is 0 Å². The molecule has 0 aromatic heterocycles. The Labute approximate surface area is 99.1 Å². The second-order valence-corrected chi connectivity index (χ2v) is 5.51. The average molecular weight is 257 g/mol. The predicted octanol–water partition coefficient (Wildman–Crippen LogP) is 1.36. The van der Waals surface area contributed by atoms with Crippen LogP contribution in [0.15, 0.2) is 36.9 Å². The highest BCUT2D eigenvalue weighted by Crippen LogP contribution is 2.09. The molecule has 0 aliphatic rings. The third-order valence-corrected chi connectivity index (χ3v) is 3.28. The van der Waals surface area contributed by atoms with Gasteiger partial charge in [0.1, 0.15) is 11.6 Å². The Morgan fingerprint density at radius 1 is 1.47 bits per heavy atom. The first-order valence-corrected chi connectivity index (χ1v) is 6.62. The first-order valence-electron chi connectivity index (χ1n) is 4.80. The summed E-state index contributed by atoms with van der Waals surface area (Å²) in [6.07, 6.45) is 1.21. The van der Waals surface area contributed by atoms with Crippen LogP contribution in [0.3, 0.4) is 0 Å². The van der Waals surface area contributed by atoms with E-state index in [0.717, 1.165) is 6.07 Å². The number of sulfone groups is 1. The van der Waals surface area contributed by atoms with Gasteiger partial charge in [0.2, 0.25) is 5.91 Å². The zero-order valence-electron chi connectivity index (χ0n) is 9.02. The Morgan fingerprint density at radius 2 is 2.18 bits per heavy atom. The fourth-order valence-corrected chi connectivity index (χ4v) is 2.15. The van der Waals surface area contributed by atoms with Crippen LogP contribution < -0.4 is 5.32 Å². The first kappa shape index (κ1) is 13.4. The molecule has 0 atom stereocenters. The molecule has 1 rings (SSSR count). The Bertz CT molecular complexity index is 525. The van der Waals surface area contributed by atoms with Crippen LogP contribution in [0.25, 0.3) is 0 Å². The molecule has 0 radical (unpaired) electrons. The molecule has 0 fully saturated rings. The molecule has 4 nitrogen and oxygen atoms in total. The van der Waals surface area contributed by atoms with E-state index in [-0.39, 0.29) is 11.4 Å². The van der Waals surface area contributed by atoms with Crippen LogP contribution in [0.1, 0.15) is 0 Å². The zero-order chi connectivity index (χ0) is 12.9. The van der Waals surface area contributed by atoms with E-state index in [1.165, 1.54) is 24.3 Å². The lowest BCUT2D eigenvalue weighted by molar-refractivity contribution is -0.113. The molecule has 0 heterocycles. The number of amides is 1. The Balaban J connectivity index is 2.65. The van der Waals surface area contributed by atoms with Crippen molar-refractivity contribution in [2.45, 2.75) is 0 Å². The van der Waals surface area contributed by atoms with E-state index < -0.39 is 27.3 Å². The predicted molar refractivity (Wildman–Crippen MR) is 63.9 cm³/mol. The number of carbonyl (C=O) groups excluding carboxylic acids is 1. The van der Waals surface area contributed by atoms with Crippen molar-refractivity contribution in [3.63, 3.8) is 0 Å². The van der Waals surface area contributed by atoms with E-state index >= 15 is 0 Å². The van der Waals surface area contributed by atoms with Gasteiger partial charge in [0, 0.05) is 5.69 Å². The van der Waals surface area contributed by atoms with Crippen LogP contribution in [-0.4, -0.2) is 25.8 Å². The Kier molecular flexibility index (Phi) is 4.39. The molecule has 1 N–H and O–H groups in total. The standard InChI is InChI=1S/C11H12FNO3S/c1-2-6-17(15,16)8-11(14)13-10-5-3-4-9(12)7-10/h2-5,7H,1,6,8H2,(H,13,14). The molecule has 1 aromatic carbocycles. The van der Waals surface area contributed by atoms with Gasteiger partial charge in [0.25, 0.3) is 0 Å². The van der Waals surface area contributed by atoms with Gasteiger partial charge in [-0.05, 0) is 18.2 Å². The van der Waals surface area contributed by atoms with Crippen LogP contribution in [0.4, 0.5) is 10.1 Å². The van der Waals surface area contributed by atoms with Crippen molar-refractivity contribution >= 4 is 21.4 Å². The maximum Gasteiger partial charge on any atom is 0.239 e. The Hall–Kier alpha value is -1.69. The van der Waals surface area contributed by atoms with Gasteiger partial charge in [0.15, 0.2) is 9.84 Å². The minimum atomic E-state index is -3.48. The maximum absolute atomic E-state index is 12.8. The van der Waals surface area contributed by atoms with E-state index in [0.29, 0.717) is 0 Å². The number of benzene rings is 1. The molecule has 0 saturated heterocycles. The van der Waals surface area contributed by atoms with Gasteiger partial charge in [-0.1, -0.05) is 12.1 Å². The fraction of sp³-hybridized carbons (Fsp3) is 0.182. The van der Waals surface area contributed by atoms with Crippen molar-refractivity contribution in [1.29, 1.82) is 0 Å². The quantitative estimate of drug-likeness (QED) is 0.810. The van der Waals surface area contributed by atoms with Crippen LogP contribution >= 0.6 is 0 Å². The summed E-state index contributed by atoms with van der Waals surface area (Å²) in [5.74, 6) is -2.10. The highest BCUT2D eigenvalue weighted by Gasteiger charge is 2.15. The minimum absolute atomic E-state index is 0.226. The molecule has 6 heteroatoms. The largest absolute Gasteiger partial charge is 0.325 e. The summed E-state index contributed by atoms with van der Waals surface area (Å²) in [5.41, 5.74) is 0.226. The molecule has 92 valence electrons. The summed E-state index contributed by atoms with van der Waals surface area (Å²) in [4.78, 5) is 11.4. The number of anilines is 1. The van der Waals surface area contributed by atoms with Gasteiger partial charge in [-0.15, -0.1) is 6.58 Å². The van der Waals surface area contributed by atoms with Gasteiger partial charge in [-0.25, -0.2) is 12.8 Å². The summed E-state index contributed by atoms with van der Waals surface area (Å²) in [6.45, 7) is 3.29. The highest BCUT2D eigenvalue weighted by molar-refractivity contribution is 7.92. The second kappa shape index (κ2) is 5.58. The van der Waals surface area contributed by atoms with Crippen molar-refractivity contribution in [2.24, 2.45) is 0 Å². The van der Waals surface area contributed by atoms with Gasteiger partial charge >= 0.3 is 0 Å². The lowest BCUT2D eigenvalue weighted by Crippen LogP contribution is -2.24. The molecular weight excluding hydrogens is 245 g/mol. The normalized spacial score (nSPS) is 10.9. The van der Waals surface area contributed by atoms with E-state index in [4.69, 9.17) is 0 Å². The molecule has 0 aliphatic heterocycles. The average Bonchev–Trinajstić information content (AvgIpc) is 2.15. The van der Waals surface area contributed by atoms with Crippen molar-refractivity contribution in [3.8, 4) is 0 Å². The van der Waals surface area contributed by atoms with Crippen LogP contribution in [0, 0.1) is 5.82 Å². The third kappa shape index (κ3) is 4.78. The van der Waals surface area contributed by atoms with Crippen molar-refractivity contribution in [2.75, 3.05) is 16.8 Å². The molecular formula is C11H12FNO3S. The van der Waals surface area contributed by atoms with Gasteiger partial charge in [-0.3, -0.25) is 4.79 Å².